The number of rotatable bonds is 11. The van der Waals surface area contributed by atoms with Crippen LogP contribution in [0.3, 0.4) is 0 Å². The zero-order valence-corrected chi connectivity index (χ0v) is 22.0. The van der Waals surface area contributed by atoms with Crippen LogP contribution in [-0.4, -0.2) is 24.0 Å². The van der Waals surface area contributed by atoms with Crippen molar-refractivity contribution in [2.75, 3.05) is 7.11 Å². The zero-order valence-electron chi connectivity index (χ0n) is 19.6. The minimum Gasteiger partial charge on any atom is -0.507 e. The van der Waals surface area contributed by atoms with Crippen molar-refractivity contribution >= 4 is 45.1 Å². The van der Waals surface area contributed by atoms with Crippen molar-refractivity contribution in [1.82, 2.24) is 0 Å². The summed E-state index contributed by atoms with van der Waals surface area (Å²) in [4.78, 5) is 38.9. The lowest BCUT2D eigenvalue weighted by Crippen LogP contribution is -2.16. The van der Waals surface area contributed by atoms with Gasteiger partial charge in [0.05, 0.1) is 13.5 Å². The summed E-state index contributed by atoms with van der Waals surface area (Å²) < 4.78 is 10.9. The van der Waals surface area contributed by atoms with E-state index >= 15 is 0 Å². The first kappa shape index (κ1) is 26.2. The van der Waals surface area contributed by atoms with E-state index in [1.165, 1.54) is 30.9 Å². The molecule has 1 aliphatic rings. The molecule has 1 saturated carbocycles. The summed E-state index contributed by atoms with van der Waals surface area (Å²) in [5, 5.41) is 10.5. The van der Waals surface area contributed by atoms with Gasteiger partial charge in [0.1, 0.15) is 17.1 Å². The number of carbonyl (C=O) groups is 2. The molecule has 0 bridgehead atoms. The molecule has 2 aromatic rings. The number of Topliss-reactive ketones (excluding diaryl/α,β-unsaturated/α-hetero) is 1. The maximum Gasteiger partial charge on any atom is 0.351 e. The zero-order chi connectivity index (χ0) is 24.8. The van der Waals surface area contributed by atoms with Gasteiger partial charge in [0.2, 0.25) is 0 Å². The molecule has 0 saturated heterocycles. The molecule has 0 radical (unpaired) electrons. The Balaban J connectivity index is 1.69. The van der Waals surface area contributed by atoms with E-state index in [4.69, 9.17) is 4.42 Å². The van der Waals surface area contributed by atoms with Gasteiger partial charge in [-0.2, -0.15) is 0 Å². The number of aromatic hydroxyl groups is 1. The summed E-state index contributed by atoms with van der Waals surface area (Å²) in [6.45, 7) is 3.50. The van der Waals surface area contributed by atoms with Crippen molar-refractivity contribution in [3.8, 4) is 5.75 Å². The average molecular weight is 549 g/mol. The van der Waals surface area contributed by atoms with E-state index in [0.29, 0.717) is 24.2 Å². The van der Waals surface area contributed by atoms with Gasteiger partial charge in [-0.05, 0) is 78.6 Å². The topological polar surface area (TPSA) is 93.8 Å². The van der Waals surface area contributed by atoms with Crippen molar-refractivity contribution in [2.24, 2.45) is 5.92 Å². The molecule has 0 aromatic carbocycles. The van der Waals surface area contributed by atoms with E-state index in [9.17, 15) is 19.5 Å². The van der Waals surface area contributed by atoms with E-state index in [1.54, 1.807) is 30.4 Å². The minimum absolute atomic E-state index is 0.158. The monoisotopic (exact) mass is 548 g/mol. The SMILES string of the molecule is COC(=O)C/C=C/CCC(C)c1cc(O)c(C(=O)C(C)=Cc2sc(CC3CC3)cc2Br)c(=O)o1. The van der Waals surface area contributed by atoms with Crippen LogP contribution in [0.4, 0.5) is 0 Å². The highest BCUT2D eigenvalue weighted by Gasteiger charge is 2.24. The minimum atomic E-state index is -0.847. The maximum absolute atomic E-state index is 13.0. The van der Waals surface area contributed by atoms with Crippen LogP contribution in [0.25, 0.3) is 6.08 Å². The Morgan fingerprint density at radius 1 is 1.32 bits per heavy atom. The van der Waals surface area contributed by atoms with E-state index in [1.807, 2.05) is 13.0 Å². The first-order valence-corrected chi connectivity index (χ1v) is 12.9. The number of carbonyl (C=O) groups excluding carboxylic acids is 2. The summed E-state index contributed by atoms with van der Waals surface area (Å²) >= 11 is 5.18. The number of halogens is 1. The predicted octanol–water partition coefficient (Wildman–Crippen LogP) is 6.41. The van der Waals surface area contributed by atoms with Crippen LogP contribution >= 0.6 is 27.3 Å². The van der Waals surface area contributed by atoms with Crippen molar-refractivity contribution in [2.45, 2.75) is 58.3 Å². The lowest BCUT2D eigenvalue weighted by molar-refractivity contribution is -0.139. The number of methoxy groups -OCH3 is 1. The second kappa shape index (κ2) is 11.8. The second-order valence-corrected chi connectivity index (χ2v) is 10.7. The Morgan fingerprint density at radius 2 is 2.06 bits per heavy atom. The van der Waals surface area contributed by atoms with Crippen LogP contribution in [0, 0.1) is 5.92 Å². The molecule has 0 spiro atoms. The van der Waals surface area contributed by atoms with Gasteiger partial charge >= 0.3 is 11.6 Å². The van der Waals surface area contributed by atoms with Gasteiger partial charge in [0.25, 0.3) is 0 Å². The Bertz CT molecular complexity index is 1170. The molecule has 0 amide bonds. The van der Waals surface area contributed by atoms with E-state index in [2.05, 4.69) is 26.7 Å². The van der Waals surface area contributed by atoms with E-state index in [0.717, 1.165) is 21.7 Å². The molecule has 0 aliphatic heterocycles. The Labute approximate surface area is 211 Å². The molecular weight excluding hydrogens is 520 g/mol. The Kier molecular flexibility index (Phi) is 9.08. The van der Waals surface area contributed by atoms with Crippen molar-refractivity contribution in [1.29, 1.82) is 0 Å². The number of thiophene rings is 1. The fourth-order valence-electron chi connectivity index (χ4n) is 3.52. The summed E-state index contributed by atoms with van der Waals surface area (Å²) in [6.07, 6.45) is 10.4. The van der Waals surface area contributed by atoms with Gasteiger partial charge in [-0.3, -0.25) is 9.59 Å². The molecule has 6 nitrogen and oxygen atoms in total. The number of allylic oxidation sites excluding steroid dienone is 2. The highest BCUT2D eigenvalue weighted by atomic mass is 79.9. The van der Waals surface area contributed by atoms with Crippen LogP contribution in [0.5, 0.6) is 5.75 Å². The van der Waals surface area contributed by atoms with Gasteiger partial charge in [-0.15, -0.1) is 11.3 Å². The Hall–Kier alpha value is -2.45. The number of esters is 1. The van der Waals surface area contributed by atoms with E-state index in [-0.39, 0.29) is 29.6 Å². The van der Waals surface area contributed by atoms with Crippen molar-refractivity contribution in [3.05, 3.63) is 65.8 Å². The smallest absolute Gasteiger partial charge is 0.351 e. The third-order valence-corrected chi connectivity index (χ3v) is 7.79. The number of hydrogen-bond donors (Lipinski definition) is 1. The maximum atomic E-state index is 13.0. The molecule has 1 unspecified atom stereocenters. The van der Waals surface area contributed by atoms with Gasteiger partial charge < -0.3 is 14.3 Å². The molecule has 3 rings (SSSR count). The van der Waals surface area contributed by atoms with Gasteiger partial charge in [-0.1, -0.05) is 19.1 Å². The summed E-state index contributed by atoms with van der Waals surface area (Å²) in [6, 6.07) is 3.43. The number of hydrogen-bond acceptors (Lipinski definition) is 7. The highest BCUT2D eigenvalue weighted by molar-refractivity contribution is 9.10. The summed E-state index contributed by atoms with van der Waals surface area (Å²) in [5.74, 6) is -0.322. The average Bonchev–Trinajstić information content (AvgIpc) is 3.54. The van der Waals surface area contributed by atoms with Crippen LogP contribution < -0.4 is 5.63 Å². The van der Waals surface area contributed by atoms with Crippen molar-refractivity contribution < 1.29 is 23.8 Å². The normalized spacial score (nSPS) is 15.0. The predicted molar refractivity (Wildman–Crippen MR) is 136 cm³/mol. The molecule has 2 aromatic heterocycles. The standard InChI is InChI=1S/C26H29BrO6S/c1-15(7-5-4-6-8-23(29)32-3)21-14-20(28)24(26(31)33-21)25(30)16(2)11-22-19(27)13-18(34-22)12-17-9-10-17/h4,6,11,13-15,17,28H,5,7-10,12H2,1-3H3/b6-4+,16-11?. The van der Waals surface area contributed by atoms with Crippen LogP contribution in [0.2, 0.25) is 0 Å². The van der Waals surface area contributed by atoms with Crippen LogP contribution in [0.1, 0.15) is 77.7 Å². The third-order valence-electron chi connectivity index (χ3n) is 5.76. The molecule has 2 heterocycles. The number of ketones is 1. The molecule has 1 N–H and O–H groups in total. The first-order valence-electron chi connectivity index (χ1n) is 11.3. The van der Waals surface area contributed by atoms with Gasteiger partial charge in [0.15, 0.2) is 5.78 Å². The lowest BCUT2D eigenvalue weighted by atomic mass is 9.99. The Morgan fingerprint density at radius 3 is 2.71 bits per heavy atom. The van der Waals surface area contributed by atoms with Crippen LogP contribution in [0.15, 0.2) is 43.5 Å². The molecule has 182 valence electrons. The molecule has 8 heteroatoms. The summed E-state index contributed by atoms with van der Waals surface area (Å²) in [5.41, 5.74) is -0.853. The molecule has 1 atom stereocenters. The molecule has 1 fully saturated rings. The largest absolute Gasteiger partial charge is 0.507 e. The second-order valence-electron chi connectivity index (χ2n) is 8.66. The third kappa shape index (κ3) is 7.03. The van der Waals surface area contributed by atoms with Gasteiger partial charge in [0, 0.05) is 26.2 Å². The molecule has 34 heavy (non-hydrogen) atoms. The number of ether oxygens (including phenoxy) is 1. The first-order chi connectivity index (χ1) is 16.2. The lowest BCUT2D eigenvalue weighted by Gasteiger charge is -2.11. The van der Waals surface area contributed by atoms with E-state index < -0.39 is 11.4 Å². The highest BCUT2D eigenvalue weighted by Crippen LogP contribution is 2.38. The molecular formula is C26H29BrO6S. The van der Waals surface area contributed by atoms with Gasteiger partial charge in [-0.25, -0.2) is 4.79 Å². The van der Waals surface area contributed by atoms with Crippen molar-refractivity contribution in [3.63, 3.8) is 0 Å². The van der Waals surface area contributed by atoms with Crippen LogP contribution in [-0.2, 0) is 16.0 Å². The summed E-state index contributed by atoms with van der Waals surface area (Å²) in [7, 11) is 1.34. The molecule has 1 aliphatic carbocycles. The fraction of sp³-hybridized carbons (Fsp3) is 0.423. The quantitative estimate of drug-likeness (QED) is 0.151. The fourth-order valence-corrected chi connectivity index (χ4v) is 5.47.